The van der Waals surface area contributed by atoms with E-state index in [0.717, 1.165) is 11.1 Å². The minimum Gasteiger partial charge on any atom is -0.497 e. The standard InChI is InChI=1S/C19H18N2O4/c1-24-13-5-3-11-9-19(17(22)20-15(11)7-13)10-12-4-6-14(25-2)8-16(12)21-18(19)23/h3-8H,9-10H2,1-2H3,(H,20,22)(H,21,23). The van der Waals surface area contributed by atoms with Gasteiger partial charge in [0, 0.05) is 23.5 Å². The number of hydrogen-bond donors (Lipinski definition) is 2. The van der Waals surface area contributed by atoms with Crippen molar-refractivity contribution in [2.24, 2.45) is 5.41 Å². The van der Waals surface area contributed by atoms with E-state index in [2.05, 4.69) is 10.6 Å². The monoisotopic (exact) mass is 338 g/mol. The molecule has 0 atom stereocenters. The van der Waals surface area contributed by atoms with Crippen molar-refractivity contribution >= 4 is 23.2 Å². The SMILES string of the molecule is COc1ccc2c(c1)NC(=O)C1(C2)Cc2ccc(OC)cc2NC1=O. The van der Waals surface area contributed by atoms with E-state index < -0.39 is 5.41 Å². The number of benzene rings is 2. The van der Waals surface area contributed by atoms with Crippen LogP contribution in [0.1, 0.15) is 11.1 Å². The summed E-state index contributed by atoms with van der Waals surface area (Å²) in [6.45, 7) is 0. The van der Waals surface area contributed by atoms with Gasteiger partial charge in [-0.2, -0.15) is 0 Å². The van der Waals surface area contributed by atoms with Gasteiger partial charge in [-0.3, -0.25) is 9.59 Å². The summed E-state index contributed by atoms with van der Waals surface area (Å²) in [7, 11) is 3.15. The molecule has 0 unspecified atom stereocenters. The van der Waals surface area contributed by atoms with Gasteiger partial charge in [-0.15, -0.1) is 0 Å². The summed E-state index contributed by atoms with van der Waals surface area (Å²) < 4.78 is 10.4. The van der Waals surface area contributed by atoms with E-state index in [-0.39, 0.29) is 11.8 Å². The first-order valence-electron chi connectivity index (χ1n) is 8.02. The quantitative estimate of drug-likeness (QED) is 0.824. The molecule has 0 saturated heterocycles. The zero-order valence-corrected chi connectivity index (χ0v) is 14.0. The van der Waals surface area contributed by atoms with Crippen molar-refractivity contribution in [3.05, 3.63) is 47.5 Å². The van der Waals surface area contributed by atoms with Crippen LogP contribution in [0.4, 0.5) is 11.4 Å². The van der Waals surface area contributed by atoms with Crippen LogP contribution in [0, 0.1) is 5.41 Å². The third-order valence-electron chi connectivity index (χ3n) is 4.98. The summed E-state index contributed by atoms with van der Waals surface area (Å²) in [5, 5.41) is 5.75. The van der Waals surface area contributed by atoms with Gasteiger partial charge in [-0.05, 0) is 36.1 Å². The number of carbonyl (C=O) groups is 2. The summed E-state index contributed by atoms with van der Waals surface area (Å²) >= 11 is 0. The molecule has 2 amide bonds. The Bertz CT molecular complexity index is 817. The van der Waals surface area contributed by atoms with Crippen LogP contribution in [0.3, 0.4) is 0 Å². The molecule has 0 saturated carbocycles. The van der Waals surface area contributed by atoms with Gasteiger partial charge in [0.25, 0.3) is 0 Å². The van der Waals surface area contributed by atoms with Gasteiger partial charge >= 0.3 is 0 Å². The van der Waals surface area contributed by atoms with E-state index in [1.807, 2.05) is 24.3 Å². The van der Waals surface area contributed by atoms with Crippen LogP contribution in [-0.4, -0.2) is 26.0 Å². The molecule has 1 spiro atoms. The van der Waals surface area contributed by atoms with E-state index >= 15 is 0 Å². The van der Waals surface area contributed by atoms with Crippen molar-refractivity contribution in [2.75, 3.05) is 24.9 Å². The highest BCUT2D eigenvalue weighted by atomic mass is 16.5. The number of nitrogens with one attached hydrogen (secondary N) is 2. The van der Waals surface area contributed by atoms with Crippen LogP contribution in [0.2, 0.25) is 0 Å². The predicted molar refractivity (Wildman–Crippen MR) is 93.1 cm³/mol. The number of anilines is 2. The van der Waals surface area contributed by atoms with Crippen LogP contribution >= 0.6 is 0 Å². The minimum atomic E-state index is -1.14. The Labute approximate surface area is 145 Å². The molecule has 6 heteroatoms. The Hall–Kier alpha value is -3.02. The lowest BCUT2D eigenvalue weighted by molar-refractivity contribution is -0.138. The molecule has 25 heavy (non-hydrogen) atoms. The van der Waals surface area contributed by atoms with Gasteiger partial charge in [0.2, 0.25) is 11.8 Å². The van der Waals surface area contributed by atoms with Gasteiger partial charge in [0.05, 0.1) is 14.2 Å². The Balaban J connectivity index is 1.74. The van der Waals surface area contributed by atoms with Crippen molar-refractivity contribution in [3.63, 3.8) is 0 Å². The molecular formula is C19H18N2O4. The van der Waals surface area contributed by atoms with E-state index in [1.54, 1.807) is 26.4 Å². The molecule has 2 heterocycles. The minimum absolute atomic E-state index is 0.285. The van der Waals surface area contributed by atoms with E-state index in [9.17, 15) is 9.59 Å². The number of fused-ring (bicyclic) bond motifs is 2. The summed E-state index contributed by atoms with van der Waals surface area (Å²) in [5.74, 6) is 0.764. The molecule has 4 rings (SSSR count). The van der Waals surface area contributed by atoms with Gasteiger partial charge in [0.15, 0.2) is 0 Å². The van der Waals surface area contributed by atoms with Crippen LogP contribution in [0.5, 0.6) is 11.5 Å². The van der Waals surface area contributed by atoms with Crippen molar-refractivity contribution in [1.82, 2.24) is 0 Å². The summed E-state index contributed by atoms with van der Waals surface area (Å²) in [4.78, 5) is 25.7. The fraction of sp³-hybridized carbons (Fsp3) is 0.263. The second-order valence-corrected chi connectivity index (χ2v) is 6.39. The lowest BCUT2D eigenvalue weighted by atomic mass is 9.70. The fourth-order valence-electron chi connectivity index (χ4n) is 3.53. The number of hydrogen-bond acceptors (Lipinski definition) is 4. The lowest BCUT2D eigenvalue weighted by Crippen LogP contribution is -2.53. The highest BCUT2D eigenvalue weighted by Gasteiger charge is 2.51. The summed E-state index contributed by atoms with van der Waals surface area (Å²) in [6.07, 6.45) is 0.713. The molecular weight excluding hydrogens is 320 g/mol. The van der Waals surface area contributed by atoms with E-state index in [4.69, 9.17) is 9.47 Å². The number of rotatable bonds is 2. The first-order valence-corrected chi connectivity index (χ1v) is 8.02. The Morgan fingerprint density at radius 2 is 1.24 bits per heavy atom. The lowest BCUT2D eigenvalue weighted by Gasteiger charge is -2.39. The molecule has 2 aromatic carbocycles. The smallest absolute Gasteiger partial charge is 0.240 e. The van der Waals surface area contributed by atoms with E-state index in [0.29, 0.717) is 35.7 Å². The van der Waals surface area contributed by atoms with Crippen molar-refractivity contribution in [1.29, 1.82) is 0 Å². The molecule has 0 aromatic heterocycles. The van der Waals surface area contributed by atoms with Gasteiger partial charge < -0.3 is 20.1 Å². The molecule has 2 aliphatic heterocycles. The fourth-order valence-corrected chi connectivity index (χ4v) is 3.53. The van der Waals surface area contributed by atoms with Crippen LogP contribution in [0.25, 0.3) is 0 Å². The predicted octanol–water partition coefficient (Wildman–Crippen LogP) is 2.38. The number of amides is 2. The molecule has 0 fully saturated rings. The number of methoxy groups -OCH3 is 2. The number of carbonyl (C=O) groups excluding carboxylic acids is 2. The molecule has 0 bridgehead atoms. The topological polar surface area (TPSA) is 76.7 Å². The highest BCUT2D eigenvalue weighted by molar-refractivity contribution is 6.18. The first kappa shape index (κ1) is 15.5. The molecule has 128 valence electrons. The largest absolute Gasteiger partial charge is 0.497 e. The third kappa shape index (κ3) is 2.33. The zero-order valence-electron chi connectivity index (χ0n) is 14.0. The average molecular weight is 338 g/mol. The Morgan fingerprint density at radius 1 is 0.800 bits per heavy atom. The average Bonchev–Trinajstić information content (AvgIpc) is 2.62. The van der Waals surface area contributed by atoms with Gasteiger partial charge in [-0.25, -0.2) is 0 Å². The number of ether oxygens (including phenoxy) is 2. The molecule has 2 aromatic rings. The van der Waals surface area contributed by atoms with E-state index in [1.165, 1.54) is 0 Å². The molecule has 0 aliphatic carbocycles. The maximum Gasteiger partial charge on any atom is 0.240 e. The molecule has 2 aliphatic rings. The third-order valence-corrected chi connectivity index (χ3v) is 4.98. The molecule has 6 nitrogen and oxygen atoms in total. The second kappa shape index (κ2) is 5.51. The molecule has 2 N–H and O–H groups in total. The first-order chi connectivity index (χ1) is 12.1. The normalized spacial score (nSPS) is 17.2. The highest BCUT2D eigenvalue weighted by Crippen LogP contribution is 2.43. The van der Waals surface area contributed by atoms with Gasteiger partial charge in [0.1, 0.15) is 16.9 Å². The Morgan fingerprint density at radius 3 is 1.64 bits per heavy atom. The van der Waals surface area contributed by atoms with Crippen LogP contribution in [0.15, 0.2) is 36.4 Å². The van der Waals surface area contributed by atoms with Crippen LogP contribution in [-0.2, 0) is 22.4 Å². The zero-order chi connectivity index (χ0) is 17.6. The van der Waals surface area contributed by atoms with Crippen LogP contribution < -0.4 is 20.1 Å². The van der Waals surface area contributed by atoms with Crippen molar-refractivity contribution in [3.8, 4) is 11.5 Å². The summed E-state index contributed by atoms with van der Waals surface area (Å²) in [6, 6.07) is 11.0. The van der Waals surface area contributed by atoms with Gasteiger partial charge in [-0.1, -0.05) is 12.1 Å². The maximum atomic E-state index is 12.8. The van der Waals surface area contributed by atoms with Crippen molar-refractivity contribution in [2.45, 2.75) is 12.8 Å². The maximum absolute atomic E-state index is 12.8. The second-order valence-electron chi connectivity index (χ2n) is 6.39. The molecule has 0 radical (unpaired) electrons. The van der Waals surface area contributed by atoms with Crippen molar-refractivity contribution < 1.29 is 19.1 Å². The summed E-state index contributed by atoms with van der Waals surface area (Å²) in [5.41, 5.74) is 2.11. The Kier molecular flexibility index (Phi) is 3.42.